The van der Waals surface area contributed by atoms with E-state index < -0.39 is 5.60 Å². The molecule has 152 valence electrons. The molecule has 2 aromatic rings. The van der Waals surface area contributed by atoms with Crippen LogP contribution in [-0.2, 0) is 10.4 Å². The first-order valence-corrected chi connectivity index (χ1v) is 9.94. The van der Waals surface area contributed by atoms with Crippen molar-refractivity contribution < 1.29 is 23.8 Å². The first kappa shape index (κ1) is 18.4. The maximum atomic E-state index is 14.3. The number of anilines is 1. The van der Waals surface area contributed by atoms with Gasteiger partial charge in [-0.2, -0.15) is 0 Å². The summed E-state index contributed by atoms with van der Waals surface area (Å²) in [4.78, 5) is 14.8. The van der Waals surface area contributed by atoms with Gasteiger partial charge >= 0.3 is 0 Å². The first-order valence-electron chi connectivity index (χ1n) is 9.94. The number of amides is 1. The summed E-state index contributed by atoms with van der Waals surface area (Å²) in [5.74, 6) is 0.806. The third-order valence-corrected chi connectivity index (χ3v) is 6.28. The van der Waals surface area contributed by atoms with E-state index in [2.05, 4.69) is 10.2 Å². The van der Waals surface area contributed by atoms with Crippen molar-refractivity contribution in [1.29, 1.82) is 0 Å². The molecule has 5 rings (SSSR count). The van der Waals surface area contributed by atoms with Gasteiger partial charge in [0.2, 0.25) is 12.7 Å². The molecule has 2 atom stereocenters. The van der Waals surface area contributed by atoms with Crippen molar-refractivity contribution in [3.8, 4) is 11.5 Å². The van der Waals surface area contributed by atoms with Gasteiger partial charge in [-0.3, -0.25) is 9.69 Å². The number of hydrogen-bond donors (Lipinski definition) is 2. The summed E-state index contributed by atoms with van der Waals surface area (Å²) in [7, 11) is 0. The molecule has 2 fully saturated rings. The van der Waals surface area contributed by atoms with Crippen molar-refractivity contribution in [2.24, 2.45) is 0 Å². The molecule has 6 nitrogen and oxygen atoms in total. The van der Waals surface area contributed by atoms with Crippen molar-refractivity contribution in [2.75, 3.05) is 18.7 Å². The number of halogens is 1. The molecule has 0 unspecified atom stereocenters. The van der Waals surface area contributed by atoms with Crippen LogP contribution in [0.5, 0.6) is 11.5 Å². The number of piperidine rings is 1. The molecule has 0 aliphatic carbocycles. The average molecular weight is 398 g/mol. The van der Waals surface area contributed by atoms with Crippen LogP contribution in [0.3, 0.4) is 0 Å². The van der Waals surface area contributed by atoms with E-state index in [-0.39, 0.29) is 37.1 Å². The Morgan fingerprint density at radius 2 is 1.86 bits per heavy atom. The Labute approximate surface area is 168 Å². The first-order chi connectivity index (χ1) is 14.0. The Morgan fingerprint density at radius 3 is 2.62 bits per heavy atom. The number of ether oxygens (including phenoxy) is 2. The molecule has 0 saturated carbocycles. The number of aliphatic hydroxyl groups is 1. The lowest BCUT2D eigenvalue weighted by molar-refractivity contribution is -0.121. The highest BCUT2D eigenvalue weighted by Gasteiger charge is 2.49. The van der Waals surface area contributed by atoms with Crippen LogP contribution >= 0.6 is 0 Å². The van der Waals surface area contributed by atoms with Gasteiger partial charge in [-0.25, -0.2) is 4.39 Å². The molecule has 2 saturated heterocycles. The monoisotopic (exact) mass is 398 g/mol. The summed E-state index contributed by atoms with van der Waals surface area (Å²) in [5.41, 5.74) is -0.158. The standard InChI is InChI=1S/C22H23FN2O4/c23-18-4-2-1-3-17(18)22(27)10-15-6-7-16(11-22)25(15)12-21(26)24-14-5-8-19-20(9-14)29-13-28-19/h1-5,8-9,15-16,27H,6-7,10-13H2,(H,24,26)/t15-,16-/m1/s1. The molecule has 3 heterocycles. The molecular weight excluding hydrogens is 375 g/mol. The van der Waals surface area contributed by atoms with E-state index in [4.69, 9.17) is 9.47 Å². The van der Waals surface area contributed by atoms with E-state index in [1.54, 1.807) is 36.4 Å². The molecule has 3 aliphatic heterocycles. The van der Waals surface area contributed by atoms with E-state index in [0.717, 1.165) is 12.8 Å². The number of carbonyl (C=O) groups is 1. The lowest BCUT2D eigenvalue weighted by atomic mass is 9.80. The predicted octanol–water partition coefficient (Wildman–Crippen LogP) is 3.01. The Bertz CT molecular complexity index is 936. The van der Waals surface area contributed by atoms with Gasteiger partial charge in [0.25, 0.3) is 0 Å². The van der Waals surface area contributed by atoms with Crippen LogP contribution in [0.4, 0.5) is 10.1 Å². The number of fused-ring (bicyclic) bond motifs is 3. The number of nitrogens with zero attached hydrogens (tertiary/aromatic N) is 1. The number of benzene rings is 2. The lowest BCUT2D eigenvalue weighted by Gasteiger charge is -2.43. The zero-order valence-electron chi connectivity index (χ0n) is 15.9. The minimum absolute atomic E-state index is 0.0564. The fraction of sp³-hybridized carbons (Fsp3) is 0.409. The Hall–Kier alpha value is -2.64. The van der Waals surface area contributed by atoms with E-state index in [0.29, 0.717) is 35.6 Å². The van der Waals surface area contributed by atoms with E-state index in [9.17, 15) is 14.3 Å². The van der Waals surface area contributed by atoms with Crippen LogP contribution in [0.15, 0.2) is 42.5 Å². The third kappa shape index (κ3) is 3.34. The highest BCUT2D eigenvalue weighted by atomic mass is 19.1. The van der Waals surface area contributed by atoms with Crippen LogP contribution < -0.4 is 14.8 Å². The van der Waals surface area contributed by atoms with Crippen molar-refractivity contribution >= 4 is 11.6 Å². The van der Waals surface area contributed by atoms with E-state index in [1.165, 1.54) is 6.07 Å². The normalized spacial score (nSPS) is 27.8. The zero-order chi connectivity index (χ0) is 20.0. The maximum absolute atomic E-state index is 14.3. The van der Waals surface area contributed by atoms with Crippen LogP contribution in [-0.4, -0.2) is 41.3 Å². The molecular formula is C22H23FN2O4. The molecule has 2 aromatic carbocycles. The predicted molar refractivity (Wildman–Crippen MR) is 104 cm³/mol. The smallest absolute Gasteiger partial charge is 0.238 e. The molecule has 0 radical (unpaired) electrons. The number of nitrogens with one attached hydrogen (secondary N) is 1. The molecule has 2 N–H and O–H groups in total. The second-order valence-corrected chi connectivity index (χ2v) is 8.09. The van der Waals surface area contributed by atoms with Gasteiger partial charge in [0.15, 0.2) is 11.5 Å². The number of rotatable bonds is 4. The van der Waals surface area contributed by atoms with Crippen LogP contribution in [0, 0.1) is 5.82 Å². The van der Waals surface area contributed by atoms with Crippen molar-refractivity contribution in [3.05, 3.63) is 53.8 Å². The van der Waals surface area contributed by atoms with Crippen molar-refractivity contribution in [2.45, 2.75) is 43.4 Å². The fourth-order valence-corrected chi connectivity index (χ4v) is 4.97. The number of carbonyl (C=O) groups excluding carboxylic acids is 1. The maximum Gasteiger partial charge on any atom is 0.238 e. The van der Waals surface area contributed by atoms with Gasteiger partial charge in [-0.1, -0.05) is 18.2 Å². The molecule has 1 amide bonds. The van der Waals surface area contributed by atoms with Gasteiger partial charge in [0, 0.05) is 29.4 Å². The Morgan fingerprint density at radius 1 is 1.14 bits per heavy atom. The van der Waals surface area contributed by atoms with E-state index in [1.807, 2.05) is 0 Å². The minimum atomic E-state index is -1.18. The topological polar surface area (TPSA) is 71.0 Å². The summed E-state index contributed by atoms with van der Waals surface area (Å²) >= 11 is 0. The summed E-state index contributed by atoms with van der Waals surface area (Å²) in [6.07, 6.45) is 2.67. The lowest BCUT2D eigenvalue weighted by Crippen LogP contribution is -2.52. The Kier molecular flexibility index (Phi) is 4.44. The van der Waals surface area contributed by atoms with Crippen molar-refractivity contribution in [3.63, 3.8) is 0 Å². The van der Waals surface area contributed by atoms with Crippen LogP contribution in [0.2, 0.25) is 0 Å². The molecule has 0 spiro atoms. The van der Waals surface area contributed by atoms with E-state index >= 15 is 0 Å². The molecule has 7 heteroatoms. The van der Waals surface area contributed by atoms with Crippen LogP contribution in [0.25, 0.3) is 0 Å². The second-order valence-electron chi connectivity index (χ2n) is 8.09. The third-order valence-electron chi connectivity index (χ3n) is 6.28. The molecule has 3 aliphatic rings. The summed E-state index contributed by atoms with van der Waals surface area (Å²) < 4.78 is 24.9. The van der Waals surface area contributed by atoms with Gasteiger partial charge in [0.1, 0.15) is 5.82 Å². The minimum Gasteiger partial charge on any atom is -0.454 e. The van der Waals surface area contributed by atoms with Gasteiger partial charge in [0.05, 0.1) is 12.1 Å². The zero-order valence-corrected chi connectivity index (χ0v) is 15.9. The molecule has 29 heavy (non-hydrogen) atoms. The molecule has 0 aromatic heterocycles. The largest absolute Gasteiger partial charge is 0.454 e. The SMILES string of the molecule is O=C(CN1[C@@H]2CC[C@@H]1CC(O)(c1ccccc1F)C2)Nc1ccc2c(c1)OCO2. The van der Waals surface area contributed by atoms with Gasteiger partial charge in [-0.05, 0) is 43.9 Å². The quantitative estimate of drug-likeness (QED) is 0.829. The van der Waals surface area contributed by atoms with Crippen LogP contribution in [0.1, 0.15) is 31.2 Å². The number of hydrogen-bond acceptors (Lipinski definition) is 5. The Balaban J connectivity index is 1.26. The summed E-state index contributed by atoms with van der Waals surface area (Å²) in [5, 5.41) is 14.1. The molecule has 2 bridgehead atoms. The van der Waals surface area contributed by atoms with Crippen molar-refractivity contribution in [1.82, 2.24) is 4.90 Å². The second kappa shape index (κ2) is 7.00. The average Bonchev–Trinajstić information content (AvgIpc) is 3.24. The summed E-state index contributed by atoms with van der Waals surface area (Å²) in [6, 6.07) is 11.9. The van der Waals surface area contributed by atoms with Gasteiger partial charge < -0.3 is 19.9 Å². The fourth-order valence-electron chi connectivity index (χ4n) is 4.97. The highest BCUT2D eigenvalue weighted by Crippen LogP contribution is 2.46. The summed E-state index contributed by atoms with van der Waals surface area (Å²) in [6.45, 7) is 0.436. The van der Waals surface area contributed by atoms with Gasteiger partial charge in [-0.15, -0.1) is 0 Å². The highest BCUT2D eigenvalue weighted by molar-refractivity contribution is 5.92.